The molecule has 108 valence electrons. The minimum Gasteiger partial charge on any atom is -0.507 e. The third-order valence-electron chi connectivity index (χ3n) is 3.59. The molecule has 0 bridgehead atoms. The SMILES string of the molecule is COc1cccc(C2C=C(c3cc(C)ccc3O)NN2)c1. The van der Waals surface area contributed by atoms with Crippen molar-refractivity contribution in [3.63, 3.8) is 0 Å². The molecule has 1 atom stereocenters. The third kappa shape index (κ3) is 2.71. The summed E-state index contributed by atoms with van der Waals surface area (Å²) in [5.41, 5.74) is 10.2. The van der Waals surface area contributed by atoms with Gasteiger partial charge in [-0.2, -0.15) is 0 Å². The standard InChI is InChI=1S/C17H18N2O2/c1-11-6-7-17(20)14(8-11)16-10-15(18-19-16)12-4-3-5-13(9-12)21-2/h3-10,15,18-20H,1-2H3. The number of nitrogens with one attached hydrogen (secondary N) is 2. The lowest BCUT2D eigenvalue weighted by atomic mass is 10.0. The van der Waals surface area contributed by atoms with Gasteiger partial charge in [0.2, 0.25) is 0 Å². The zero-order chi connectivity index (χ0) is 14.8. The highest BCUT2D eigenvalue weighted by Gasteiger charge is 2.19. The fourth-order valence-electron chi connectivity index (χ4n) is 2.44. The summed E-state index contributed by atoms with van der Waals surface area (Å²) in [5, 5.41) is 10.0. The van der Waals surface area contributed by atoms with Crippen LogP contribution < -0.4 is 15.6 Å². The molecular weight excluding hydrogens is 264 g/mol. The van der Waals surface area contributed by atoms with Gasteiger partial charge in [0.1, 0.15) is 11.5 Å². The fraction of sp³-hybridized carbons (Fsp3) is 0.176. The third-order valence-corrected chi connectivity index (χ3v) is 3.59. The molecule has 1 heterocycles. The molecule has 1 aliphatic rings. The summed E-state index contributed by atoms with van der Waals surface area (Å²) in [6, 6.07) is 13.5. The van der Waals surface area contributed by atoms with Crippen molar-refractivity contribution >= 4 is 5.70 Å². The molecular formula is C17H18N2O2. The van der Waals surface area contributed by atoms with Crippen molar-refractivity contribution < 1.29 is 9.84 Å². The quantitative estimate of drug-likeness (QED) is 0.810. The highest BCUT2D eigenvalue weighted by molar-refractivity contribution is 5.71. The summed E-state index contributed by atoms with van der Waals surface area (Å²) in [7, 11) is 1.66. The van der Waals surface area contributed by atoms with Crippen LogP contribution in [0.1, 0.15) is 22.7 Å². The van der Waals surface area contributed by atoms with Gasteiger partial charge in [-0.15, -0.1) is 0 Å². The summed E-state index contributed by atoms with van der Waals surface area (Å²) >= 11 is 0. The van der Waals surface area contributed by atoms with Gasteiger partial charge in [-0.05, 0) is 42.8 Å². The van der Waals surface area contributed by atoms with Crippen LogP contribution in [0.2, 0.25) is 0 Å². The number of methoxy groups -OCH3 is 1. The zero-order valence-electron chi connectivity index (χ0n) is 12.1. The van der Waals surface area contributed by atoms with Gasteiger partial charge in [0, 0.05) is 5.56 Å². The van der Waals surface area contributed by atoms with Gasteiger partial charge < -0.3 is 15.3 Å². The Morgan fingerprint density at radius 2 is 2.00 bits per heavy atom. The second-order valence-electron chi connectivity index (χ2n) is 5.12. The first-order chi connectivity index (χ1) is 10.2. The van der Waals surface area contributed by atoms with Crippen LogP contribution in [0.15, 0.2) is 48.5 Å². The van der Waals surface area contributed by atoms with E-state index in [4.69, 9.17) is 4.74 Å². The van der Waals surface area contributed by atoms with Crippen molar-refractivity contribution in [2.45, 2.75) is 13.0 Å². The maximum absolute atomic E-state index is 10.0. The van der Waals surface area contributed by atoms with Crippen molar-refractivity contribution in [2.75, 3.05) is 7.11 Å². The molecule has 3 N–H and O–H groups in total. The first-order valence-electron chi connectivity index (χ1n) is 6.84. The van der Waals surface area contributed by atoms with Crippen LogP contribution in [0.5, 0.6) is 11.5 Å². The molecule has 1 aliphatic heterocycles. The number of phenolic OH excluding ortho intramolecular Hbond substituents is 1. The molecule has 0 radical (unpaired) electrons. The van der Waals surface area contributed by atoms with Crippen LogP contribution in [0, 0.1) is 6.92 Å². The molecule has 2 aromatic carbocycles. The Morgan fingerprint density at radius 3 is 2.81 bits per heavy atom. The van der Waals surface area contributed by atoms with Crippen LogP contribution >= 0.6 is 0 Å². The Bertz CT molecular complexity index is 695. The number of hydrazine groups is 1. The Hall–Kier alpha value is -2.46. The van der Waals surface area contributed by atoms with E-state index in [0.29, 0.717) is 0 Å². The van der Waals surface area contributed by atoms with Crippen molar-refractivity contribution in [1.29, 1.82) is 0 Å². The van der Waals surface area contributed by atoms with Crippen molar-refractivity contribution in [3.05, 3.63) is 65.2 Å². The molecule has 21 heavy (non-hydrogen) atoms. The van der Waals surface area contributed by atoms with Crippen LogP contribution in [0.25, 0.3) is 5.70 Å². The average Bonchev–Trinajstić information content (AvgIpc) is 2.99. The topological polar surface area (TPSA) is 53.5 Å². The second kappa shape index (κ2) is 5.50. The summed E-state index contributed by atoms with van der Waals surface area (Å²) < 4.78 is 5.25. The molecule has 3 rings (SSSR count). The first kappa shape index (κ1) is 13.5. The highest BCUT2D eigenvalue weighted by atomic mass is 16.5. The van der Waals surface area contributed by atoms with Gasteiger partial charge in [-0.25, -0.2) is 5.43 Å². The van der Waals surface area contributed by atoms with E-state index in [1.807, 2.05) is 43.3 Å². The van der Waals surface area contributed by atoms with Crippen LogP contribution in [0.4, 0.5) is 0 Å². The maximum Gasteiger partial charge on any atom is 0.124 e. The Labute approximate surface area is 124 Å². The van der Waals surface area contributed by atoms with Crippen LogP contribution in [0.3, 0.4) is 0 Å². The summed E-state index contributed by atoms with van der Waals surface area (Å²) in [6.45, 7) is 2.01. The summed E-state index contributed by atoms with van der Waals surface area (Å²) in [4.78, 5) is 0. The molecule has 0 aromatic heterocycles. The van der Waals surface area contributed by atoms with E-state index in [1.54, 1.807) is 13.2 Å². The molecule has 0 fully saturated rings. The second-order valence-corrected chi connectivity index (χ2v) is 5.12. The lowest BCUT2D eigenvalue weighted by molar-refractivity contribution is 0.413. The lowest BCUT2D eigenvalue weighted by Gasteiger charge is -2.10. The number of hydrogen-bond acceptors (Lipinski definition) is 4. The number of benzene rings is 2. The normalized spacial score (nSPS) is 17.2. The van der Waals surface area contributed by atoms with E-state index in [9.17, 15) is 5.11 Å². The van der Waals surface area contributed by atoms with Crippen molar-refractivity contribution in [2.24, 2.45) is 0 Å². The molecule has 4 heteroatoms. The molecule has 0 saturated carbocycles. The number of aryl methyl sites for hydroxylation is 1. The molecule has 1 unspecified atom stereocenters. The highest BCUT2D eigenvalue weighted by Crippen LogP contribution is 2.30. The van der Waals surface area contributed by atoms with Crippen LogP contribution in [-0.2, 0) is 0 Å². The van der Waals surface area contributed by atoms with E-state index < -0.39 is 0 Å². The largest absolute Gasteiger partial charge is 0.507 e. The molecule has 2 aromatic rings. The van der Waals surface area contributed by atoms with E-state index >= 15 is 0 Å². The summed E-state index contributed by atoms with van der Waals surface area (Å²) in [5.74, 6) is 1.10. The number of ether oxygens (including phenoxy) is 1. The molecule has 0 amide bonds. The Kier molecular flexibility index (Phi) is 3.54. The molecule has 0 aliphatic carbocycles. The van der Waals surface area contributed by atoms with Gasteiger partial charge in [0.05, 0.1) is 18.8 Å². The van der Waals surface area contributed by atoms with Gasteiger partial charge >= 0.3 is 0 Å². The predicted molar refractivity (Wildman–Crippen MR) is 82.8 cm³/mol. The van der Waals surface area contributed by atoms with Crippen LogP contribution in [-0.4, -0.2) is 12.2 Å². The number of aromatic hydroxyl groups is 1. The maximum atomic E-state index is 10.0. The monoisotopic (exact) mass is 282 g/mol. The van der Waals surface area contributed by atoms with Gasteiger partial charge in [0.25, 0.3) is 0 Å². The smallest absolute Gasteiger partial charge is 0.124 e. The minimum absolute atomic E-state index is 0.0370. The van der Waals surface area contributed by atoms with Crippen molar-refractivity contribution in [3.8, 4) is 11.5 Å². The van der Waals surface area contributed by atoms with Crippen molar-refractivity contribution in [1.82, 2.24) is 10.9 Å². The lowest BCUT2D eigenvalue weighted by Crippen LogP contribution is -2.26. The average molecular weight is 282 g/mol. The van der Waals surface area contributed by atoms with Gasteiger partial charge in [-0.1, -0.05) is 23.8 Å². The van der Waals surface area contributed by atoms with E-state index in [1.165, 1.54) is 0 Å². The van der Waals surface area contributed by atoms with E-state index in [2.05, 4.69) is 16.9 Å². The fourth-order valence-corrected chi connectivity index (χ4v) is 2.44. The van der Waals surface area contributed by atoms with Gasteiger partial charge in [0.15, 0.2) is 0 Å². The Morgan fingerprint density at radius 1 is 1.14 bits per heavy atom. The molecule has 4 nitrogen and oxygen atoms in total. The van der Waals surface area contributed by atoms with E-state index in [0.717, 1.165) is 28.1 Å². The number of hydrogen-bond donors (Lipinski definition) is 3. The minimum atomic E-state index is 0.0370. The first-order valence-corrected chi connectivity index (χ1v) is 6.84. The summed E-state index contributed by atoms with van der Waals surface area (Å²) in [6.07, 6.45) is 2.06. The zero-order valence-corrected chi connectivity index (χ0v) is 12.1. The number of rotatable bonds is 3. The predicted octanol–water partition coefficient (Wildman–Crippen LogP) is 2.90. The molecule has 0 spiro atoms. The Balaban J connectivity index is 1.91. The number of phenols is 1. The van der Waals surface area contributed by atoms with E-state index in [-0.39, 0.29) is 11.8 Å². The van der Waals surface area contributed by atoms with Gasteiger partial charge in [-0.3, -0.25) is 0 Å². The molecule has 0 saturated heterocycles.